The van der Waals surface area contributed by atoms with Gasteiger partial charge in [-0.1, -0.05) is 17.7 Å². The molecule has 1 aliphatic heterocycles. The van der Waals surface area contributed by atoms with E-state index < -0.39 is 0 Å². The van der Waals surface area contributed by atoms with Gasteiger partial charge in [0, 0.05) is 42.0 Å². The van der Waals surface area contributed by atoms with Crippen LogP contribution >= 0.6 is 11.6 Å². The maximum atomic E-state index is 12.1. The second-order valence-electron chi connectivity index (χ2n) is 6.46. The number of nitrogens with zero attached hydrogens (tertiary/aromatic N) is 3. The van der Waals surface area contributed by atoms with E-state index in [1.54, 1.807) is 12.1 Å². The van der Waals surface area contributed by atoms with Crippen LogP contribution in [0.4, 0.5) is 11.8 Å². The summed E-state index contributed by atoms with van der Waals surface area (Å²) >= 11 is 6.56. The van der Waals surface area contributed by atoms with Crippen molar-refractivity contribution in [2.24, 2.45) is 0 Å². The fourth-order valence-electron chi connectivity index (χ4n) is 3.23. The van der Waals surface area contributed by atoms with Gasteiger partial charge in [0.25, 0.3) is 5.91 Å². The van der Waals surface area contributed by atoms with Crippen LogP contribution in [0.2, 0.25) is 5.02 Å². The summed E-state index contributed by atoms with van der Waals surface area (Å²) < 4.78 is 5.79. The van der Waals surface area contributed by atoms with Crippen molar-refractivity contribution >= 4 is 29.3 Å². The lowest BCUT2D eigenvalue weighted by atomic mass is 10.0. The Morgan fingerprint density at radius 1 is 1.41 bits per heavy atom. The summed E-state index contributed by atoms with van der Waals surface area (Å²) in [5.74, 6) is 0.852. The van der Waals surface area contributed by atoms with Crippen LogP contribution in [-0.4, -0.2) is 42.2 Å². The van der Waals surface area contributed by atoms with E-state index in [1.165, 1.54) is 0 Å². The number of halogens is 1. The topological polar surface area (TPSA) is 93.4 Å². The second-order valence-corrected chi connectivity index (χ2v) is 6.87. The van der Waals surface area contributed by atoms with E-state index in [0.717, 1.165) is 30.0 Å². The van der Waals surface area contributed by atoms with E-state index in [9.17, 15) is 4.79 Å². The normalized spacial score (nSPS) is 17.4. The number of benzene rings is 1. The Kier molecular flexibility index (Phi) is 6.13. The molecular formula is C19H24ClN5O2. The van der Waals surface area contributed by atoms with E-state index in [1.807, 2.05) is 26.0 Å². The molecule has 144 valence electrons. The van der Waals surface area contributed by atoms with Gasteiger partial charge in [-0.05, 0) is 38.0 Å². The Balaban J connectivity index is 1.97. The van der Waals surface area contributed by atoms with Crippen molar-refractivity contribution in [2.45, 2.75) is 26.3 Å². The number of carbonyl (C=O) groups is 1. The minimum absolute atomic E-state index is 0.128. The van der Waals surface area contributed by atoms with Crippen LogP contribution in [0.3, 0.4) is 0 Å². The summed E-state index contributed by atoms with van der Waals surface area (Å²) in [4.78, 5) is 22.8. The lowest BCUT2D eigenvalue weighted by Crippen LogP contribution is -2.32. The molecule has 1 fully saturated rings. The summed E-state index contributed by atoms with van der Waals surface area (Å²) in [5.41, 5.74) is 8.08. The van der Waals surface area contributed by atoms with Gasteiger partial charge in [0.15, 0.2) is 0 Å². The van der Waals surface area contributed by atoms with Crippen LogP contribution in [-0.2, 0) is 4.74 Å². The largest absolute Gasteiger partial charge is 0.379 e. The molecule has 0 radical (unpaired) electrons. The summed E-state index contributed by atoms with van der Waals surface area (Å²) in [6, 6.07) is 7.15. The number of hydrogen-bond donors (Lipinski definition) is 2. The zero-order valence-electron chi connectivity index (χ0n) is 15.5. The number of anilines is 2. The van der Waals surface area contributed by atoms with Crippen LogP contribution in [0.15, 0.2) is 24.3 Å². The predicted molar refractivity (Wildman–Crippen MR) is 106 cm³/mol. The molecule has 8 heteroatoms. The van der Waals surface area contributed by atoms with Crippen LogP contribution in [0.25, 0.3) is 0 Å². The Labute approximate surface area is 163 Å². The smallest absolute Gasteiger partial charge is 0.251 e. The number of aromatic nitrogens is 2. The quantitative estimate of drug-likeness (QED) is 0.835. The molecule has 2 aromatic rings. The van der Waals surface area contributed by atoms with Crippen molar-refractivity contribution in [3.8, 4) is 0 Å². The maximum absolute atomic E-state index is 12.1. The minimum atomic E-state index is -0.140. The summed E-state index contributed by atoms with van der Waals surface area (Å²) in [5, 5.41) is 3.31. The molecule has 0 bridgehead atoms. The van der Waals surface area contributed by atoms with Gasteiger partial charge in [-0.25, -0.2) is 4.98 Å². The molecule has 1 aromatic heterocycles. The second kappa shape index (κ2) is 8.54. The van der Waals surface area contributed by atoms with Crippen molar-refractivity contribution in [3.63, 3.8) is 0 Å². The molecule has 1 aromatic carbocycles. The van der Waals surface area contributed by atoms with Crippen molar-refractivity contribution in [3.05, 3.63) is 46.1 Å². The van der Waals surface area contributed by atoms with Crippen LogP contribution in [0, 0.1) is 6.92 Å². The Hall–Kier alpha value is -2.38. The van der Waals surface area contributed by atoms with E-state index in [-0.39, 0.29) is 17.9 Å². The van der Waals surface area contributed by atoms with Gasteiger partial charge in [-0.15, -0.1) is 0 Å². The number of rotatable bonds is 4. The fourth-order valence-corrected chi connectivity index (χ4v) is 3.54. The molecule has 1 amide bonds. The molecule has 1 atom stereocenters. The molecule has 0 aliphatic carbocycles. The number of nitrogen functional groups attached to an aromatic ring is 1. The molecule has 3 rings (SSSR count). The van der Waals surface area contributed by atoms with Gasteiger partial charge < -0.3 is 20.7 Å². The number of nitrogens with two attached hydrogens (primary N) is 1. The molecule has 7 nitrogen and oxygen atoms in total. The van der Waals surface area contributed by atoms with Crippen molar-refractivity contribution < 1.29 is 9.53 Å². The van der Waals surface area contributed by atoms with Crippen LogP contribution in [0.1, 0.15) is 41.0 Å². The summed E-state index contributed by atoms with van der Waals surface area (Å²) in [7, 11) is 0. The zero-order chi connectivity index (χ0) is 19.4. The molecule has 1 aliphatic rings. The third kappa shape index (κ3) is 4.48. The van der Waals surface area contributed by atoms with E-state index in [4.69, 9.17) is 22.1 Å². The van der Waals surface area contributed by atoms with Gasteiger partial charge in [0.1, 0.15) is 5.82 Å². The van der Waals surface area contributed by atoms with Gasteiger partial charge in [0.2, 0.25) is 5.95 Å². The number of hydrogen-bond acceptors (Lipinski definition) is 6. The number of carbonyl (C=O) groups excluding carboxylic acids is 1. The molecule has 0 spiro atoms. The summed E-state index contributed by atoms with van der Waals surface area (Å²) in [6.07, 6.45) is 0.869. The maximum Gasteiger partial charge on any atom is 0.251 e. The van der Waals surface area contributed by atoms with E-state index in [0.29, 0.717) is 30.3 Å². The first-order valence-corrected chi connectivity index (χ1v) is 9.40. The highest BCUT2D eigenvalue weighted by Gasteiger charge is 2.27. The van der Waals surface area contributed by atoms with Gasteiger partial charge in [-0.2, -0.15) is 4.98 Å². The zero-order valence-corrected chi connectivity index (χ0v) is 16.3. The highest BCUT2D eigenvalue weighted by atomic mass is 35.5. The van der Waals surface area contributed by atoms with Crippen molar-refractivity contribution in [2.75, 3.05) is 36.9 Å². The van der Waals surface area contributed by atoms with Gasteiger partial charge in [-0.3, -0.25) is 4.79 Å². The number of ether oxygens (including phenoxy) is 1. The first kappa shape index (κ1) is 19.4. The molecule has 1 saturated heterocycles. The SMILES string of the molecule is CCNC(=O)c1ccc([C@@H]2COCCCN2c2cc(C)nc(N)n2)c(Cl)c1. The van der Waals surface area contributed by atoms with Crippen LogP contribution < -0.4 is 16.0 Å². The monoisotopic (exact) mass is 389 g/mol. The molecule has 27 heavy (non-hydrogen) atoms. The lowest BCUT2D eigenvalue weighted by molar-refractivity contribution is 0.0956. The third-order valence-electron chi connectivity index (χ3n) is 4.45. The molecule has 0 unspecified atom stereocenters. The number of aryl methyl sites for hydroxylation is 1. The minimum Gasteiger partial charge on any atom is -0.379 e. The summed E-state index contributed by atoms with van der Waals surface area (Å²) in [6.45, 7) is 6.24. The predicted octanol–water partition coefficient (Wildman–Crippen LogP) is 2.74. The van der Waals surface area contributed by atoms with E-state index >= 15 is 0 Å². The first-order valence-electron chi connectivity index (χ1n) is 9.02. The van der Waals surface area contributed by atoms with Crippen molar-refractivity contribution in [1.82, 2.24) is 15.3 Å². The van der Waals surface area contributed by atoms with Gasteiger partial charge >= 0.3 is 0 Å². The standard InChI is InChI=1S/C19H24ClN5O2/c1-3-22-18(26)13-5-6-14(15(20)10-13)16-11-27-8-4-7-25(16)17-9-12(2)23-19(21)24-17/h5-6,9-10,16H,3-4,7-8,11H2,1-2H3,(H,22,26)(H2,21,23,24)/t16-/m0/s1. The third-order valence-corrected chi connectivity index (χ3v) is 4.78. The van der Waals surface area contributed by atoms with Gasteiger partial charge in [0.05, 0.1) is 12.6 Å². The highest BCUT2D eigenvalue weighted by molar-refractivity contribution is 6.31. The Morgan fingerprint density at radius 2 is 2.22 bits per heavy atom. The molecule has 2 heterocycles. The van der Waals surface area contributed by atoms with Crippen molar-refractivity contribution in [1.29, 1.82) is 0 Å². The molecular weight excluding hydrogens is 366 g/mol. The molecule has 3 N–H and O–H groups in total. The van der Waals surface area contributed by atoms with Crippen LogP contribution in [0.5, 0.6) is 0 Å². The first-order chi connectivity index (χ1) is 13.0. The average Bonchev–Trinajstić information content (AvgIpc) is 2.87. The van der Waals surface area contributed by atoms with E-state index in [2.05, 4.69) is 20.2 Å². The molecule has 0 saturated carbocycles. The number of nitrogens with one attached hydrogen (secondary N) is 1. The average molecular weight is 390 g/mol. The Morgan fingerprint density at radius 3 is 2.93 bits per heavy atom. The Bertz CT molecular complexity index is 809. The fraction of sp³-hybridized carbons (Fsp3) is 0.421. The number of amides is 1. The lowest BCUT2D eigenvalue weighted by Gasteiger charge is -2.31. The highest BCUT2D eigenvalue weighted by Crippen LogP contribution is 2.33.